The van der Waals surface area contributed by atoms with Gasteiger partial charge in [-0.15, -0.1) is 23.5 Å². The van der Waals surface area contributed by atoms with Gasteiger partial charge in [0.05, 0.1) is 5.75 Å². The number of hydrogen-bond acceptors (Lipinski definition) is 6. The van der Waals surface area contributed by atoms with E-state index in [1.54, 1.807) is 18.2 Å². The Morgan fingerprint density at radius 2 is 1.97 bits per heavy atom. The van der Waals surface area contributed by atoms with Gasteiger partial charge in [-0.25, -0.2) is 4.79 Å². The molecule has 3 fully saturated rings. The van der Waals surface area contributed by atoms with Crippen molar-refractivity contribution in [2.24, 2.45) is 0 Å². The molecule has 8 nitrogen and oxygen atoms in total. The van der Waals surface area contributed by atoms with Gasteiger partial charge in [-0.3, -0.25) is 19.3 Å². The number of rotatable bonds is 7. The van der Waals surface area contributed by atoms with Crippen molar-refractivity contribution in [2.75, 3.05) is 18.1 Å². The lowest BCUT2D eigenvalue weighted by Crippen LogP contribution is -2.70. The van der Waals surface area contributed by atoms with E-state index in [1.165, 1.54) is 28.4 Å². The minimum Gasteiger partial charge on any atom is -0.477 e. The average Bonchev–Trinajstić information content (AvgIpc) is 3.60. The standard InChI is InChI=1S/C23H22ClN3O5S2/c24-14-1-5-16(6-2-14)33-11-17(28)25-18-21(30)27-19(23(31)32)13(10-34-22(18)27)9-12-7-8-26(20(12)29)15-3-4-15/h1-2,5-6,9,15,18,22H,3-4,7-8,10-11H2,(H,25,28)(H,31,32)/b12-9+/t18-,22-/m1/s1. The molecule has 4 aliphatic rings. The predicted molar refractivity (Wildman–Crippen MR) is 129 cm³/mol. The first-order valence-corrected chi connectivity index (χ1v) is 13.3. The van der Waals surface area contributed by atoms with Crippen molar-refractivity contribution in [3.8, 4) is 0 Å². The number of likely N-dealkylation sites (tertiary alicyclic amines) is 1. The lowest BCUT2D eigenvalue weighted by atomic mass is 10.0. The number of halogens is 1. The van der Waals surface area contributed by atoms with Gasteiger partial charge in [0, 0.05) is 33.8 Å². The highest BCUT2D eigenvalue weighted by atomic mass is 35.5. The molecule has 1 saturated carbocycles. The Kier molecular flexibility index (Phi) is 6.39. The average molecular weight is 520 g/mol. The molecular formula is C23H22ClN3O5S2. The van der Waals surface area contributed by atoms with Gasteiger partial charge in [0.15, 0.2) is 0 Å². The summed E-state index contributed by atoms with van der Waals surface area (Å²) in [6.07, 6.45) is 4.28. The molecule has 3 heterocycles. The third-order valence-electron chi connectivity index (χ3n) is 6.19. The van der Waals surface area contributed by atoms with Crippen molar-refractivity contribution in [1.82, 2.24) is 15.1 Å². The summed E-state index contributed by atoms with van der Waals surface area (Å²) in [5, 5.41) is 12.7. The van der Waals surface area contributed by atoms with Crippen molar-refractivity contribution in [2.45, 2.75) is 41.6 Å². The second-order valence-electron chi connectivity index (χ2n) is 8.53. The summed E-state index contributed by atoms with van der Waals surface area (Å²) in [4.78, 5) is 54.0. The topological polar surface area (TPSA) is 107 Å². The Labute approximate surface area is 209 Å². The van der Waals surface area contributed by atoms with Crippen LogP contribution in [0.15, 0.2) is 52.1 Å². The Balaban J connectivity index is 1.25. The summed E-state index contributed by atoms with van der Waals surface area (Å²) >= 11 is 8.59. The van der Waals surface area contributed by atoms with Crippen LogP contribution in [0.5, 0.6) is 0 Å². The molecule has 0 spiro atoms. The van der Waals surface area contributed by atoms with Crippen LogP contribution in [0.2, 0.25) is 5.02 Å². The number of carboxylic acid groups (broad SMARTS) is 1. The van der Waals surface area contributed by atoms with Crippen LogP contribution in [0.4, 0.5) is 0 Å². The van der Waals surface area contributed by atoms with Crippen LogP contribution in [-0.2, 0) is 19.2 Å². The van der Waals surface area contributed by atoms with E-state index in [1.807, 2.05) is 17.0 Å². The number of nitrogens with zero attached hydrogens (tertiary/aromatic N) is 2. The summed E-state index contributed by atoms with van der Waals surface area (Å²) < 4.78 is 0. The van der Waals surface area contributed by atoms with Gasteiger partial charge in [-0.1, -0.05) is 11.6 Å². The molecule has 11 heteroatoms. The summed E-state index contributed by atoms with van der Waals surface area (Å²) in [6.45, 7) is 0.658. The third kappa shape index (κ3) is 4.46. The Morgan fingerprint density at radius 1 is 1.24 bits per heavy atom. The lowest BCUT2D eigenvalue weighted by Gasteiger charge is -2.49. The van der Waals surface area contributed by atoms with Crippen molar-refractivity contribution >= 4 is 58.8 Å². The summed E-state index contributed by atoms with van der Waals surface area (Å²) in [7, 11) is 0. The van der Waals surface area contributed by atoms with Gasteiger partial charge in [0.1, 0.15) is 17.1 Å². The zero-order chi connectivity index (χ0) is 24.0. The summed E-state index contributed by atoms with van der Waals surface area (Å²) in [6, 6.07) is 6.64. The second kappa shape index (κ2) is 9.31. The second-order valence-corrected chi connectivity index (χ2v) is 11.1. The number of allylic oxidation sites excluding steroid dienone is 1. The first kappa shape index (κ1) is 23.3. The summed E-state index contributed by atoms with van der Waals surface area (Å²) in [5.74, 6) is -1.52. The number of thioether (sulfide) groups is 2. The summed E-state index contributed by atoms with van der Waals surface area (Å²) in [5.41, 5.74) is 0.961. The van der Waals surface area contributed by atoms with E-state index in [2.05, 4.69) is 5.32 Å². The van der Waals surface area contributed by atoms with Crippen molar-refractivity contribution in [3.05, 3.63) is 52.2 Å². The van der Waals surface area contributed by atoms with E-state index in [9.17, 15) is 24.3 Å². The van der Waals surface area contributed by atoms with Crippen molar-refractivity contribution in [3.63, 3.8) is 0 Å². The monoisotopic (exact) mass is 519 g/mol. The smallest absolute Gasteiger partial charge is 0.352 e. The largest absolute Gasteiger partial charge is 0.477 e. The van der Waals surface area contributed by atoms with Gasteiger partial charge in [0.2, 0.25) is 11.8 Å². The van der Waals surface area contributed by atoms with Gasteiger partial charge in [-0.2, -0.15) is 0 Å². The molecular weight excluding hydrogens is 498 g/mol. The number of nitrogens with one attached hydrogen (secondary N) is 1. The quantitative estimate of drug-likeness (QED) is 0.324. The van der Waals surface area contributed by atoms with Crippen LogP contribution in [0.25, 0.3) is 0 Å². The van der Waals surface area contributed by atoms with E-state index in [-0.39, 0.29) is 23.3 Å². The molecule has 34 heavy (non-hydrogen) atoms. The van der Waals surface area contributed by atoms with E-state index in [0.29, 0.717) is 40.9 Å². The molecule has 1 aromatic rings. The molecule has 0 radical (unpaired) electrons. The first-order valence-electron chi connectivity index (χ1n) is 10.9. The minimum absolute atomic E-state index is 0.0369. The SMILES string of the molecule is O=C(CSc1ccc(Cl)cc1)N[C@@H]1C(=O)N2C(C(=O)O)=C(/C=C3\CCN(C4CC4)C3=O)CS[C@H]12. The normalized spacial score (nSPS) is 25.5. The molecule has 3 amide bonds. The van der Waals surface area contributed by atoms with E-state index in [4.69, 9.17) is 11.6 Å². The fraction of sp³-hybridized carbons (Fsp3) is 0.391. The number of benzene rings is 1. The fourth-order valence-electron chi connectivity index (χ4n) is 4.36. The molecule has 3 aliphatic heterocycles. The molecule has 0 aromatic heterocycles. The number of aliphatic carboxylic acids is 1. The maximum Gasteiger partial charge on any atom is 0.352 e. The Hall–Kier alpha value is -2.43. The highest BCUT2D eigenvalue weighted by Crippen LogP contribution is 2.42. The maximum atomic E-state index is 12.8. The van der Waals surface area contributed by atoms with Gasteiger partial charge in [-0.05, 0) is 55.2 Å². The van der Waals surface area contributed by atoms with Crippen LogP contribution in [0, 0.1) is 0 Å². The molecule has 0 unspecified atom stereocenters. The van der Waals surface area contributed by atoms with Crippen LogP contribution >= 0.6 is 35.1 Å². The molecule has 2 N–H and O–H groups in total. The molecule has 1 aromatic carbocycles. The van der Waals surface area contributed by atoms with Crippen LogP contribution < -0.4 is 5.32 Å². The Bertz CT molecular complexity index is 1130. The van der Waals surface area contributed by atoms with Crippen LogP contribution in [-0.4, -0.2) is 74.1 Å². The van der Waals surface area contributed by atoms with Crippen LogP contribution in [0.1, 0.15) is 19.3 Å². The zero-order valence-corrected chi connectivity index (χ0v) is 20.4. The van der Waals surface area contributed by atoms with Gasteiger partial charge >= 0.3 is 5.97 Å². The predicted octanol–water partition coefficient (Wildman–Crippen LogP) is 2.49. The third-order valence-corrected chi connectivity index (χ3v) is 8.76. The molecule has 2 atom stereocenters. The number of carbonyl (C=O) groups excluding carboxylic acids is 3. The number of fused-ring (bicyclic) bond motifs is 1. The van der Waals surface area contributed by atoms with Gasteiger partial charge in [0.25, 0.3) is 5.91 Å². The number of amides is 3. The maximum absolute atomic E-state index is 12.8. The first-order chi connectivity index (χ1) is 16.3. The van der Waals surface area contributed by atoms with E-state index in [0.717, 1.165) is 17.7 Å². The number of hydrogen-bond donors (Lipinski definition) is 2. The molecule has 5 rings (SSSR count). The highest BCUT2D eigenvalue weighted by molar-refractivity contribution is 8.00. The number of β-lactam (4-membered cyclic amide) rings is 1. The molecule has 1 aliphatic carbocycles. The highest BCUT2D eigenvalue weighted by Gasteiger charge is 2.54. The number of carbonyl (C=O) groups is 4. The molecule has 0 bridgehead atoms. The van der Waals surface area contributed by atoms with Crippen LogP contribution in [0.3, 0.4) is 0 Å². The van der Waals surface area contributed by atoms with E-state index >= 15 is 0 Å². The minimum atomic E-state index is -1.21. The number of carboxylic acids is 1. The Morgan fingerprint density at radius 3 is 2.65 bits per heavy atom. The van der Waals surface area contributed by atoms with E-state index < -0.39 is 23.3 Å². The van der Waals surface area contributed by atoms with Gasteiger partial charge < -0.3 is 15.3 Å². The van der Waals surface area contributed by atoms with Crippen molar-refractivity contribution in [1.29, 1.82) is 0 Å². The fourth-order valence-corrected chi connectivity index (χ4v) is 6.50. The van der Waals surface area contributed by atoms with Crippen molar-refractivity contribution < 1.29 is 24.3 Å². The molecule has 178 valence electrons. The molecule has 2 saturated heterocycles. The lowest BCUT2D eigenvalue weighted by molar-refractivity contribution is -0.150. The zero-order valence-electron chi connectivity index (χ0n) is 18.0.